The number of aryl methyl sites for hydroxylation is 2. The summed E-state index contributed by atoms with van der Waals surface area (Å²) in [6, 6.07) is 0.725. The predicted molar refractivity (Wildman–Crippen MR) is 99.4 cm³/mol. The van der Waals surface area contributed by atoms with Crippen LogP contribution in [0.5, 0.6) is 0 Å². The molecule has 0 amide bonds. The Morgan fingerprint density at radius 3 is 1.23 bits per heavy atom. The van der Waals surface area contributed by atoms with Crippen LogP contribution < -0.4 is 0 Å². The Kier molecular flexibility index (Phi) is 5.28. The van der Waals surface area contributed by atoms with Crippen LogP contribution in [0.1, 0.15) is 20.9 Å². The number of thiophene rings is 2. The van der Waals surface area contributed by atoms with Gasteiger partial charge >= 0.3 is 38.0 Å². The maximum absolute atomic E-state index is 14.7. The first-order chi connectivity index (χ1) is 13.7. The third-order valence-electron chi connectivity index (χ3n) is 4.50. The van der Waals surface area contributed by atoms with Crippen LogP contribution in [0.15, 0.2) is 20.6 Å². The van der Waals surface area contributed by atoms with Crippen molar-refractivity contribution >= 4 is 54.1 Å². The number of allylic oxidation sites excluding steroid dienone is 2. The van der Waals surface area contributed by atoms with E-state index >= 15 is 0 Å². The molecule has 0 bridgehead atoms. The predicted octanol–water partition coefficient (Wildman–Crippen LogP) is 4.75. The van der Waals surface area contributed by atoms with Crippen molar-refractivity contribution in [2.45, 2.75) is 40.0 Å². The van der Waals surface area contributed by atoms with E-state index < -0.39 is 78.4 Å². The summed E-state index contributed by atoms with van der Waals surface area (Å²) in [6.45, 7) is 1.99. The average molecular weight is 528 g/mol. The zero-order valence-electron chi connectivity index (χ0n) is 15.1. The van der Waals surface area contributed by atoms with Gasteiger partial charge in [-0.25, -0.2) is 0 Å². The minimum absolute atomic E-state index is 0.192. The quantitative estimate of drug-likeness (QED) is 0.438. The summed E-state index contributed by atoms with van der Waals surface area (Å²) in [4.78, 5) is -0.785. The molecule has 6 nitrogen and oxygen atoms in total. The molecule has 3 rings (SSSR count). The molecule has 0 atom stereocenters. The average Bonchev–Trinajstić information content (AvgIpc) is 3.16. The molecule has 16 heteroatoms. The SMILES string of the molecule is Cc1sc(S(=O)(=O)O)cc1C1=C(c2cc(S(=O)(=O)O)sc2C)C(F)(F)C(F)(F)C1(F)F. The molecule has 2 aromatic heterocycles. The minimum Gasteiger partial charge on any atom is -0.281 e. The molecule has 1 aliphatic rings. The number of alkyl halides is 6. The maximum Gasteiger partial charge on any atom is 0.380 e. The normalized spacial score (nSPS) is 20.5. The van der Waals surface area contributed by atoms with Crippen LogP contribution in [0.3, 0.4) is 0 Å². The van der Waals surface area contributed by atoms with E-state index in [1.54, 1.807) is 0 Å². The smallest absolute Gasteiger partial charge is 0.281 e. The van der Waals surface area contributed by atoms with E-state index in [0.29, 0.717) is 12.1 Å². The fraction of sp³-hybridized carbons (Fsp3) is 0.333. The second kappa shape index (κ2) is 6.77. The third-order valence-corrected chi connectivity index (χ3v) is 9.21. The van der Waals surface area contributed by atoms with Crippen molar-refractivity contribution in [3.05, 3.63) is 33.0 Å². The van der Waals surface area contributed by atoms with E-state index in [4.69, 9.17) is 9.11 Å². The number of rotatable bonds is 4. The number of hydrogen-bond acceptors (Lipinski definition) is 6. The highest BCUT2D eigenvalue weighted by Crippen LogP contribution is 2.65. The fourth-order valence-electron chi connectivity index (χ4n) is 3.09. The van der Waals surface area contributed by atoms with Crippen molar-refractivity contribution in [3.63, 3.8) is 0 Å². The zero-order valence-corrected chi connectivity index (χ0v) is 18.3. The Morgan fingerprint density at radius 1 is 0.710 bits per heavy atom. The van der Waals surface area contributed by atoms with E-state index in [9.17, 15) is 43.2 Å². The van der Waals surface area contributed by atoms with E-state index in [-0.39, 0.29) is 22.7 Å². The fourth-order valence-corrected chi connectivity index (χ4v) is 6.72. The van der Waals surface area contributed by atoms with Gasteiger partial charge in [0.05, 0.1) is 0 Å². The van der Waals surface area contributed by atoms with E-state index in [1.165, 1.54) is 0 Å². The first-order valence-electron chi connectivity index (χ1n) is 7.80. The van der Waals surface area contributed by atoms with Gasteiger partial charge in [-0.3, -0.25) is 9.11 Å². The van der Waals surface area contributed by atoms with Crippen LogP contribution in [0, 0.1) is 13.8 Å². The summed E-state index contributed by atoms with van der Waals surface area (Å²) in [7, 11) is -9.94. The van der Waals surface area contributed by atoms with Crippen molar-refractivity contribution < 1.29 is 52.3 Å². The van der Waals surface area contributed by atoms with E-state index in [2.05, 4.69) is 0 Å². The Bertz CT molecular complexity index is 1230. The van der Waals surface area contributed by atoms with Crippen molar-refractivity contribution in [1.82, 2.24) is 0 Å². The molecule has 0 saturated heterocycles. The number of hydrogen-bond donors (Lipinski definition) is 2. The lowest BCUT2D eigenvalue weighted by Crippen LogP contribution is -2.48. The highest BCUT2D eigenvalue weighted by atomic mass is 32.3. The van der Waals surface area contributed by atoms with Crippen LogP contribution in [0.4, 0.5) is 26.3 Å². The summed E-state index contributed by atoms with van der Waals surface area (Å²) < 4.78 is 149. The molecular formula is C15H10F6O6S4. The van der Waals surface area contributed by atoms with Crippen molar-refractivity contribution in [1.29, 1.82) is 0 Å². The van der Waals surface area contributed by atoms with Crippen molar-refractivity contribution in [3.8, 4) is 0 Å². The molecule has 1 aliphatic carbocycles. The van der Waals surface area contributed by atoms with Gasteiger partial charge < -0.3 is 0 Å². The van der Waals surface area contributed by atoms with Crippen LogP contribution in [0.25, 0.3) is 11.1 Å². The monoisotopic (exact) mass is 528 g/mol. The van der Waals surface area contributed by atoms with Gasteiger partial charge in [0, 0.05) is 20.9 Å². The molecule has 2 aromatic rings. The van der Waals surface area contributed by atoms with Crippen LogP contribution in [0.2, 0.25) is 0 Å². The van der Waals surface area contributed by atoms with Gasteiger partial charge in [0.25, 0.3) is 0 Å². The lowest BCUT2D eigenvalue weighted by Gasteiger charge is -2.25. The van der Waals surface area contributed by atoms with Gasteiger partial charge in [-0.05, 0) is 37.1 Å². The molecule has 0 spiro atoms. The van der Waals surface area contributed by atoms with Gasteiger partial charge in [0.2, 0.25) is 0 Å². The lowest BCUT2D eigenvalue weighted by atomic mass is 9.96. The van der Waals surface area contributed by atoms with Crippen LogP contribution in [-0.4, -0.2) is 43.7 Å². The summed E-state index contributed by atoms with van der Waals surface area (Å²) in [5, 5.41) is 0. The largest absolute Gasteiger partial charge is 0.380 e. The van der Waals surface area contributed by atoms with Gasteiger partial charge in [-0.1, -0.05) is 0 Å². The second-order valence-electron chi connectivity index (χ2n) is 6.49. The second-order valence-corrected chi connectivity index (χ2v) is 12.3. The van der Waals surface area contributed by atoms with Gasteiger partial charge in [-0.15, -0.1) is 22.7 Å². The summed E-state index contributed by atoms with van der Waals surface area (Å²) >= 11 is 0.383. The van der Waals surface area contributed by atoms with Gasteiger partial charge in [0.15, 0.2) is 0 Å². The first-order valence-corrected chi connectivity index (χ1v) is 12.3. The van der Waals surface area contributed by atoms with Crippen molar-refractivity contribution in [2.75, 3.05) is 0 Å². The Morgan fingerprint density at radius 2 is 1.00 bits per heavy atom. The molecule has 0 unspecified atom stereocenters. The molecule has 0 saturated carbocycles. The molecular weight excluding hydrogens is 518 g/mol. The van der Waals surface area contributed by atoms with E-state index in [1.807, 2.05) is 0 Å². The highest BCUT2D eigenvalue weighted by molar-refractivity contribution is 7.88. The molecule has 0 aromatic carbocycles. The summed E-state index contributed by atoms with van der Waals surface area (Å²) in [6.07, 6.45) is 0. The van der Waals surface area contributed by atoms with Gasteiger partial charge in [-0.2, -0.15) is 43.2 Å². The summed E-state index contributed by atoms with van der Waals surface area (Å²) in [5.41, 5.74) is -5.77. The van der Waals surface area contributed by atoms with Crippen LogP contribution >= 0.6 is 22.7 Å². The topological polar surface area (TPSA) is 109 Å². The number of halogens is 6. The summed E-state index contributed by atoms with van der Waals surface area (Å²) in [5.74, 6) is -17.0. The molecule has 2 heterocycles. The van der Waals surface area contributed by atoms with Crippen molar-refractivity contribution in [2.24, 2.45) is 0 Å². The first kappa shape index (κ1) is 24.2. The third kappa shape index (κ3) is 3.43. The zero-order chi connectivity index (χ0) is 23.9. The molecule has 172 valence electrons. The lowest BCUT2D eigenvalue weighted by molar-refractivity contribution is -0.254. The molecule has 31 heavy (non-hydrogen) atoms. The standard InChI is InChI=1S/C15H10F6O6S4/c1-5-7(3-9(28-5)30(22,23)24)11-12(14(18,19)15(20,21)13(11,16)17)8-4-10(29-6(8)2)31(25,26)27/h3-4H,1-2H3,(H,22,23,24)(H,25,26,27). The van der Waals surface area contributed by atoms with Crippen LogP contribution in [-0.2, 0) is 20.2 Å². The Labute approximate surface area is 179 Å². The highest BCUT2D eigenvalue weighted by Gasteiger charge is 2.80. The Balaban J connectivity index is 2.49. The Hall–Kier alpha value is -1.46. The molecule has 2 N–H and O–H groups in total. The molecule has 0 radical (unpaired) electrons. The minimum atomic E-state index is -5.95. The maximum atomic E-state index is 14.7. The van der Waals surface area contributed by atoms with E-state index in [0.717, 1.165) is 13.8 Å². The molecule has 0 aliphatic heterocycles. The molecule has 0 fully saturated rings. The van der Waals surface area contributed by atoms with Gasteiger partial charge in [0.1, 0.15) is 8.42 Å².